The van der Waals surface area contributed by atoms with Gasteiger partial charge in [0.05, 0.1) is 13.2 Å². The van der Waals surface area contributed by atoms with Gasteiger partial charge in [0.15, 0.2) is 0 Å². The number of nitrogens with zero attached hydrogens (tertiary/aromatic N) is 3. The van der Waals surface area contributed by atoms with Gasteiger partial charge in [0.25, 0.3) is 0 Å². The number of carbonyl (C=O) groups excluding carboxylic acids is 1. The number of carbonyl (C=O) groups is 1. The summed E-state index contributed by atoms with van der Waals surface area (Å²) in [6.45, 7) is 8.24. The van der Waals surface area contributed by atoms with Crippen molar-refractivity contribution < 1.29 is 14.1 Å². The number of aryl methyl sites for hydroxylation is 1. The lowest BCUT2D eigenvalue weighted by atomic mass is 9.83. The first-order valence-corrected chi connectivity index (χ1v) is 8.60. The van der Waals surface area contributed by atoms with Crippen molar-refractivity contribution in [2.75, 3.05) is 26.2 Å². The molecule has 0 radical (unpaired) electrons. The third-order valence-corrected chi connectivity index (χ3v) is 4.78. The molecular weight excluding hydrogens is 308 g/mol. The van der Waals surface area contributed by atoms with Gasteiger partial charge in [-0.3, -0.25) is 0 Å². The van der Waals surface area contributed by atoms with Crippen LogP contribution in [0.2, 0.25) is 0 Å². The van der Waals surface area contributed by atoms with E-state index < -0.39 is 0 Å². The molecule has 1 unspecified atom stereocenters. The third kappa shape index (κ3) is 3.77. The molecule has 2 aliphatic rings. The van der Waals surface area contributed by atoms with Crippen molar-refractivity contribution in [3.63, 3.8) is 0 Å². The van der Waals surface area contributed by atoms with Crippen molar-refractivity contribution in [3.8, 4) is 0 Å². The molecule has 1 saturated heterocycles. The number of rotatable bonds is 4. The average Bonchev–Trinajstić information content (AvgIpc) is 3.24. The number of hydrogen-bond donors (Lipinski definition) is 1. The van der Waals surface area contributed by atoms with Crippen LogP contribution >= 0.6 is 0 Å². The molecule has 1 fully saturated rings. The number of aromatic nitrogens is 2. The van der Waals surface area contributed by atoms with Gasteiger partial charge in [0.2, 0.25) is 11.7 Å². The Morgan fingerprint density at radius 2 is 2.33 bits per heavy atom. The van der Waals surface area contributed by atoms with Crippen LogP contribution in [0.3, 0.4) is 0 Å². The van der Waals surface area contributed by atoms with Crippen LogP contribution in [0.1, 0.15) is 50.9 Å². The average molecular weight is 334 g/mol. The van der Waals surface area contributed by atoms with Crippen LogP contribution in [0.4, 0.5) is 4.79 Å². The summed E-state index contributed by atoms with van der Waals surface area (Å²) in [6, 6.07) is -0.0600. The van der Waals surface area contributed by atoms with Crippen molar-refractivity contribution in [1.82, 2.24) is 20.4 Å². The number of hydrogen-bond acceptors (Lipinski definition) is 5. The van der Waals surface area contributed by atoms with E-state index in [1.807, 2.05) is 0 Å². The Labute approximate surface area is 142 Å². The highest BCUT2D eigenvalue weighted by Crippen LogP contribution is 2.34. The van der Waals surface area contributed by atoms with E-state index in [4.69, 9.17) is 9.26 Å². The predicted molar refractivity (Wildman–Crippen MR) is 88.4 cm³/mol. The van der Waals surface area contributed by atoms with E-state index in [2.05, 4.69) is 35.4 Å². The third-order valence-electron chi connectivity index (χ3n) is 4.78. The van der Waals surface area contributed by atoms with E-state index in [0.29, 0.717) is 38.0 Å². The molecule has 0 spiro atoms. The Kier molecular flexibility index (Phi) is 4.89. The van der Waals surface area contributed by atoms with Gasteiger partial charge in [-0.25, -0.2) is 4.79 Å². The Morgan fingerprint density at radius 3 is 3.00 bits per heavy atom. The van der Waals surface area contributed by atoms with Crippen LogP contribution in [-0.4, -0.2) is 47.3 Å². The van der Waals surface area contributed by atoms with Gasteiger partial charge < -0.3 is 19.5 Å². The number of urea groups is 1. The maximum atomic E-state index is 12.5. The van der Waals surface area contributed by atoms with Crippen molar-refractivity contribution in [1.29, 1.82) is 0 Å². The van der Waals surface area contributed by atoms with Gasteiger partial charge in [-0.15, -0.1) is 0 Å². The van der Waals surface area contributed by atoms with Crippen LogP contribution in [0, 0.1) is 12.3 Å². The summed E-state index contributed by atoms with van der Waals surface area (Å²) in [6.07, 6.45) is 5.51. The van der Waals surface area contributed by atoms with E-state index in [0.717, 1.165) is 12.8 Å². The van der Waals surface area contributed by atoms with E-state index in [-0.39, 0.29) is 17.6 Å². The zero-order valence-corrected chi connectivity index (χ0v) is 14.7. The Bertz CT molecular complexity index is 623. The first-order chi connectivity index (χ1) is 11.5. The first kappa shape index (κ1) is 17.0. The highest BCUT2D eigenvalue weighted by molar-refractivity contribution is 5.74. The smallest absolute Gasteiger partial charge is 0.317 e. The van der Waals surface area contributed by atoms with E-state index in [1.165, 1.54) is 12.0 Å². The molecule has 1 N–H and O–H groups in total. The molecule has 2 amide bonds. The molecule has 1 aromatic rings. The summed E-state index contributed by atoms with van der Waals surface area (Å²) in [5.41, 5.74) is 1.45. The summed E-state index contributed by atoms with van der Waals surface area (Å²) < 4.78 is 10.7. The molecule has 24 heavy (non-hydrogen) atoms. The van der Waals surface area contributed by atoms with Crippen molar-refractivity contribution in [2.45, 2.75) is 46.1 Å². The molecule has 0 aromatic carbocycles. The minimum Gasteiger partial charge on any atom is -0.366 e. The van der Waals surface area contributed by atoms with E-state index in [9.17, 15) is 4.79 Å². The molecule has 3 rings (SSSR count). The highest BCUT2D eigenvalue weighted by Gasteiger charge is 2.30. The molecule has 1 aliphatic heterocycles. The quantitative estimate of drug-likeness (QED) is 0.856. The second-order valence-electron chi connectivity index (χ2n) is 7.14. The second kappa shape index (κ2) is 6.93. The lowest BCUT2D eigenvalue weighted by Crippen LogP contribution is -2.49. The molecule has 1 atom stereocenters. The minimum absolute atomic E-state index is 0.00261. The molecule has 0 bridgehead atoms. The molecule has 1 aromatic heterocycles. The van der Waals surface area contributed by atoms with E-state index in [1.54, 1.807) is 11.8 Å². The topological polar surface area (TPSA) is 80.5 Å². The molecule has 7 nitrogen and oxygen atoms in total. The number of allylic oxidation sites excluding steroid dienone is 1. The number of ether oxygens (including phenoxy) is 1. The van der Waals surface area contributed by atoms with Crippen LogP contribution in [-0.2, 0) is 4.74 Å². The second-order valence-corrected chi connectivity index (χ2v) is 7.14. The molecule has 1 aliphatic carbocycles. The fraction of sp³-hybridized carbons (Fsp3) is 0.706. The fourth-order valence-corrected chi connectivity index (χ4v) is 3.24. The first-order valence-electron chi connectivity index (χ1n) is 8.60. The lowest BCUT2D eigenvalue weighted by Gasteiger charge is -2.33. The van der Waals surface area contributed by atoms with Gasteiger partial charge in [-0.05, 0) is 19.3 Å². The minimum atomic E-state index is -0.326. The summed E-state index contributed by atoms with van der Waals surface area (Å²) in [7, 11) is 0. The zero-order valence-electron chi connectivity index (χ0n) is 14.7. The van der Waals surface area contributed by atoms with Crippen LogP contribution in [0.15, 0.2) is 16.2 Å². The summed E-state index contributed by atoms with van der Waals surface area (Å²) in [5.74, 6) is 1.00. The maximum absolute atomic E-state index is 12.5. The lowest BCUT2D eigenvalue weighted by molar-refractivity contribution is -0.0211. The fourth-order valence-electron chi connectivity index (χ4n) is 3.24. The predicted octanol–water partition coefficient (Wildman–Crippen LogP) is 2.60. The maximum Gasteiger partial charge on any atom is 0.317 e. The standard InChI is InChI=1S/C17H26N4O3/c1-12-19-15(20-24-12)14-10-21(8-9-23-14)16(22)18-11-17(2,3)13-6-4-5-7-13/h6,14H,4-5,7-11H2,1-3H3,(H,18,22). The van der Waals surface area contributed by atoms with Gasteiger partial charge in [-0.1, -0.05) is 30.7 Å². The Morgan fingerprint density at radius 1 is 1.50 bits per heavy atom. The van der Waals surface area contributed by atoms with Gasteiger partial charge in [-0.2, -0.15) is 4.98 Å². The largest absolute Gasteiger partial charge is 0.366 e. The highest BCUT2D eigenvalue weighted by atomic mass is 16.5. The van der Waals surface area contributed by atoms with Gasteiger partial charge in [0, 0.05) is 25.4 Å². The zero-order chi connectivity index (χ0) is 17.2. The van der Waals surface area contributed by atoms with Gasteiger partial charge in [0.1, 0.15) is 6.10 Å². The monoisotopic (exact) mass is 334 g/mol. The summed E-state index contributed by atoms with van der Waals surface area (Å²) >= 11 is 0. The van der Waals surface area contributed by atoms with E-state index >= 15 is 0 Å². The van der Waals surface area contributed by atoms with Crippen LogP contribution in [0.5, 0.6) is 0 Å². The number of morpholine rings is 1. The Hall–Kier alpha value is -1.89. The number of nitrogens with one attached hydrogen (secondary N) is 1. The summed E-state index contributed by atoms with van der Waals surface area (Å²) in [5, 5.41) is 6.97. The SMILES string of the molecule is Cc1nc(C2CN(C(=O)NCC(C)(C)C3=CCCC3)CCO2)no1. The summed E-state index contributed by atoms with van der Waals surface area (Å²) in [4.78, 5) is 18.5. The Balaban J connectivity index is 1.54. The molecule has 132 valence electrons. The van der Waals surface area contributed by atoms with Crippen molar-refractivity contribution in [2.24, 2.45) is 5.41 Å². The molecule has 7 heteroatoms. The normalized spacial score (nSPS) is 21.7. The van der Waals surface area contributed by atoms with Crippen LogP contribution in [0.25, 0.3) is 0 Å². The molecule has 0 saturated carbocycles. The van der Waals surface area contributed by atoms with Crippen molar-refractivity contribution in [3.05, 3.63) is 23.4 Å². The number of amides is 2. The van der Waals surface area contributed by atoms with Crippen molar-refractivity contribution >= 4 is 6.03 Å². The molecular formula is C17H26N4O3. The molecule has 2 heterocycles. The van der Waals surface area contributed by atoms with Gasteiger partial charge >= 0.3 is 6.03 Å². The van der Waals surface area contributed by atoms with Crippen LogP contribution < -0.4 is 5.32 Å².